The van der Waals surface area contributed by atoms with Crippen molar-refractivity contribution < 1.29 is 0 Å². The van der Waals surface area contributed by atoms with Crippen molar-refractivity contribution in [3.05, 3.63) is 48.0 Å². The molecule has 2 nitrogen and oxygen atoms in total. The molecule has 0 aliphatic heterocycles. The second-order valence-corrected chi connectivity index (χ2v) is 6.23. The molecule has 2 rings (SSSR count). The molecule has 2 heteroatoms. The fraction of sp³-hybridized carbons (Fsp3) is 0.444. The van der Waals surface area contributed by atoms with E-state index in [4.69, 9.17) is 0 Å². The van der Waals surface area contributed by atoms with E-state index in [0.29, 0.717) is 6.04 Å². The smallest absolute Gasteiger partial charge is 0.0303 e. The molecule has 1 unspecified atom stereocenters. The molecule has 0 saturated carbocycles. The van der Waals surface area contributed by atoms with Crippen LogP contribution in [0.4, 0.5) is 0 Å². The van der Waals surface area contributed by atoms with E-state index in [9.17, 15) is 0 Å². The van der Waals surface area contributed by atoms with Crippen LogP contribution in [0.15, 0.2) is 42.5 Å². The first-order valence-corrected chi connectivity index (χ1v) is 7.28. The van der Waals surface area contributed by atoms with Crippen molar-refractivity contribution in [2.75, 3.05) is 21.1 Å². The summed E-state index contributed by atoms with van der Waals surface area (Å²) in [5.74, 6) is 0. The topological polar surface area (TPSA) is 15.3 Å². The molecule has 2 aromatic rings. The number of fused-ring (bicyclic) bond motifs is 1. The molecule has 1 atom stereocenters. The van der Waals surface area contributed by atoms with E-state index in [1.54, 1.807) is 0 Å². The summed E-state index contributed by atoms with van der Waals surface area (Å²) in [6, 6.07) is 15.6. The first-order chi connectivity index (χ1) is 9.46. The van der Waals surface area contributed by atoms with E-state index in [0.717, 1.165) is 6.42 Å². The summed E-state index contributed by atoms with van der Waals surface area (Å²) in [6.45, 7) is 4.58. The summed E-state index contributed by atoms with van der Waals surface area (Å²) in [6.07, 6.45) is 1.03. The predicted octanol–water partition coefficient (Wildman–Crippen LogP) is 3.31. The van der Waals surface area contributed by atoms with Crippen LogP contribution in [0.3, 0.4) is 0 Å². The van der Waals surface area contributed by atoms with E-state index in [2.05, 4.69) is 87.7 Å². The van der Waals surface area contributed by atoms with Crippen LogP contribution >= 0.6 is 0 Å². The lowest BCUT2D eigenvalue weighted by Gasteiger charge is -2.40. The molecule has 0 radical (unpaired) electrons. The molecule has 0 fully saturated rings. The highest BCUT2D eigenvalue weighted by Crippen LogP contribution is 2.24. The average Bonchev–Trinajstić information content (AvgIpc) is 2.44. The highest BCUT2D eigenvalue weighted by Gasteiger charge is 2.30. The third-order valence-corrected chi connectivity index (χ3v) is 4.66. The monoisotopic (exact) mass is 270 g/mol. The zero-order valence-electron chi connectivity index (χ0n) is 13.3. The number of nitrogens with one attached hydrogen (secondary N) is 1. The van der Waals surface area contributed by atoms with Gasteiger partial charge in [-0.1, -0.05) is 42.5 Å². The molecule has 20 heavy (non-hydrogen) atoms. The van der Waals surface area contributed by atoms with Crippen LogP contribution < -0.4 is 5.32 Å². The van der Waals surface area contributed by atoms with Crippen LogP contribution in [-0.2, 0) is 6.42 Å². The number of nitrogens with zero attached hydrogens (tertiary/aromatic N) is 1. The lowest BCUT2D eigenvalue weighted by atomic mass is 9.87. The Hall–Kier alpha value is -1.38. The summed E-state index contributed by atoms with van der Waals surface area (Å²) in [4.78, 5) is 2.29. The highest BCUT2D eigenvalue weighted by atomic mass is 15.2. The van der Waals surface area contributed by atoms with Gasteiger partial charge < -0.3 is 10.2 Å². The van der Waals surface area contributed by atoms with Crippen LogP contribution in [0.5, 0.6) is 0 Å². The highest BCUT2D eigenvalue weighted by molar-refractivity contribution is 5.85. The Bertz CT molecular complexity index is 567. The van der Waals surface area contributed by atoms with Gasteiger partial charge in [-0.15, -0.1) is 0 Å². The minimum absolute atomic E-state index is 0.103. The molecular weight excluding hydrogens is 244 g/mol. The van der Waals surface area contributed by atoms with Gasteiger partial charge in [0.25, 0.3) is 0 Å². The number of hydrogen-bond donors (Lipinski definition) is 1. The maximum atomic E-state index is 3.50. The van der Waals surface area contributed by atoms with Gasteiger partial charge in [-0.3, -0.25) is 0 Å². The number of hydrogen-bond acceptors (Lipinski definition) is 2. The van der Waals surface area contributed by atoms with Gasteiger partial charge >= 0.3 is 0 Å². The van der Waals surface area contributed by atoms with Crippen LogP contribution in [0.1, 0.15) is 19.4 Å². The molecule has 1 N–H and O–H groups in total. The second-order valence-electron chi connectivity index (χ2n) is 6.23. The van der Waals surface area contributed by atoms with Crippen molar-refractivity contribution in [3.8, 4) is 0 Å². The van der Waals surface area contributed by atoms with Crippen molar-refractivity contribution in [3.63, 3.8) is 0 Å². The maximum Gasteiger partial charge on any atom is 0.0303 e. The molecule has 0 bridgehead atoms. The molecule has 0 spiro atoms. The molecule has 0 aromatic heterocycles. The van der Waals surface area contributed by atoms with Crippen LogP contribution in [-0.4, -0.2) is 37.6 Å². The molecule has 108 valence electrons. The van der Waals surface area contributed by atoms with Gasteiger partial charge in [0.05, 0.1) is 0 Å². The fourth-order valence-corrected chi connectivity index (χ4v) is 2.71. The van der Waals surface area contributed by atoms with Crippen molar-refractivity contribution in [1.29, 1.82) is 0 Å². The third kappa shape index (κ3) is 2.87. The summed E-state index contributed by atoms with van der Waals surface area (Å²) >= 11 is 0. The SMILES string of the molecule is CNC(Cc1cccc2ccccc12)C(C)(C)N(C)C. The van der Waals surface area contributed by atoms with Crippen LogP contribution in [0, 0.1) is 0 Å². The standard InChI is InChI=1S/C18H26N2/c1-18(2,20(4)5)17(19-3)13-15-11-8-10-14-9-6-7-12-16(14)15/h6-12,17,19H,13H2,1-5H3. The van der Waals surface area contributed by atoms with Gasteiger partial charge in [-0.2, -0.15) is 0 Å². The Balaban J connectivity index is 2.35. The lowest BCUT2D eigenvalue weighted by Crippen LogP contribution is -2.55. The van der Waals surface area contributed by atoms with Crippen molar-refractivity contribution in [2.24, 2.45) is 0 Å². The van der Waals surface area contributed by atoms with Crippen molar-refractivity contribution in [2.45, 2.75) is 31.8 Å². The van der Waals surface area contributed by atoms with Gasteiger partial charge in [0.1, 0.15) is 0 Å². The molecule has 0 aliphatic rings. The third-order valence-electron chi connectivity index (χ3n) is 4.66. The van der Waals surface area contributed by atoms with E-state index < -0.39 is 0 Å². The zero-order valence-corrected chi connectivity index (χ0v) is 13.3. The second kappa shape index (κ2) is 5.94. The average molecular weight is 270 g/mol. The Morgan fingerprint density at radius 1 is 1.05 bits per heavy atom. The van der Waals surface area contributed by atoms with E-state index in [-0.39, 0.29) is 5.54 Å². The van der Waals surface area contributed by atoms with E-state index in [1.165, 1.54) is 16.3 Å². The van der Waals surface area contributed by atoms with Crippen LogP contribution in [0.2, 0.25) is 0 Å². The lowest BCUT2D eigenvalue weighted by molar-refractivity contribution is 0.142. The van der Waals surface area contributed by atoms with Crippen LogP contribution in [0.25, 0.3) is 10.8 Å². The Morgan fingerprint density at radius 2 is 1.70 bits per heavy atom. The van der Waals surface area contributed by atoms with Gasteiger partial charge in [0, 0.05) is 11.6 Å². The molecule has 0 saturated heterocycles. The Labute approximate surface area is 122 Å². The Morgan fingerprint density at radius 3 is 2.35 bits per heavy atom. The molecule has 0 amide bonds. The number of likely N-dealkylation sites (N-methyl/N-ethyl adjacent to an activating group) is 2. The summed E-state index contributed by atoms with van der Waals surface area (Å²) < 4.78 is 0. The quantitative estimate of drug-likeness (QED) is 0.896. The predicted molar refractivity (Wildman–Crippen MR) is 88.3 cm³/mol. The first kappa shape index (κ1) is 15.0. The normalized spacial score (nSPS) is 13.9. The molecule has 2 aromatic carbocycles. The Kier molecular flexibility index (Phi) is 4.46. The van der Waals surface area contributed by atoms with Crippen molar-refractivity contribution in [1.82, 2.24) is 10.2 Å². The van der Waals surface area contributed by atoms with E-state index in [1.807, 2.05) is 0 Å². The number of benzene rings is 2. The molecular formula is C18H26N2. The fourth-order valence-electron chi connectivity index (χ4n) is 2.71. The minimum Gasteiger partial charge on any atom is -0.315 e. The largest absolute Gasteiger partial charge is 0.315 e. The summed E-state index contributed by atoms with van der Waals surface area (Å²) in [5, 5.41) is 6.18. The molecule has 0 aliphatic carbocycles. The zero-order chi connectivity index (χ0) is 14.8. The van der Waals surface area contributed by atoms with Gasteiger partial charge in [-0.05, 0) is 57.7 Å². The molecule has 0 heterocycles. The van der Waals surface area contributed by atoms with Gasteiger partial charge in [0.2, 0.25) is 0 Å². The van der Waals surface area contributed by atoms with Gasteiger partial charge in [0.15, 0.2) is 0 Å². The van der Waals surface area contributed by atoms with Gasteiger partial charge in [-0.25, -0.2) is 0 Å². The number of rotatable bonds is 5. The summed E-state index contributed by atoms with van der Waals surface area (Å²) in [5.41, 5.74) is 1.52. The summed E-state index contributed by atoms with van der Waals surface area (Å²) in [7, 11) is 6.35. The first-order valence-electron chi connectivity index (χ1n) is 7.28. The minimum atomic E-state index is 0.103. The van der Waals surface area contributed by atoms with Crippen molar-refractivity contribution >= 4 is 10.8 Å². The maximum absolute atomic E-state index is 3.50. The van der Waals surface area contributed by atoms with E-state index >= 15 is 0 Å².